The normalized spacial score (nSPS) is 12.8. The first kappa shape index (κ1) is 19.0. The van der Waals surface area contributed by atoms with Crippen LogP contribution in [0.1, 0.15) is 36.6 Å². The van der Waals surface area contributed by atoms with E-state index in [0.717, 1.165) is 4.90 Å². The van der Waals surface area contributed by atoms with Gasteiger partial charge in [0.15, 0.2) is 0 Å². The molecule has 0 aromatic heterocycles. The van der Waals surface area contributed by atoms with Crippen molar-refractivity contribution in [2.24, 2.45) is 0 Å². The molecule has 4 rings (SSSR count). The Labute approximate surface area is 172 Å². The first-order valence-corrected chi connectivity index (χ1v) is 10.3. The molecule has 0 unspecified atom stereocenters. The second-order valence-electron chi connectivity index (χ2n) is 6.63. The molecule has 0 fully saturated rings. The number of nitrogens with one attached hydrogen (secondary N) is 1. The number of hydrogen-bond acceptors (Lipinski definition) is 4. The number of nitrogens with zero attached hydrogens (tertiary/aromatic N) is 1. The lowest BCUT2D eigenvalue weighted by atomic mass is 10.1. The zero-order valence-electron chi connectivity index (χ0n) is 15.7. The summed E-state index contributed by atoms with van der Waals surface area (Å²) < 4.78 is 0. The molecule has 144 valence electrons. The number of carbonyl (C=O) groups excluding carboxylic acids is 3. The van der Waals surface area contributed by atoms with Crippen LogP contribution in [-0.4, -0.2) is 28.9 Å². The van der Waals surface area contributed by atoms with E-state index in [2.05, 4.69) is 5.32 Å². The molecule has 6 heteroatoms. The molecule has 3 amide bonds. The van der Waals surface area contributed by atoms with Crippen molar-refractivity contribution in [2.45, 2.75) is 11.4 Å². The third-order valence-corrected chi connectivity index (χ3v) is 5.50. The predicted molar refractivity (Wildman–Crippen MR) is 113 cm³/mol. The maximum Gasteiger partial charge on any atom is 0.261 e. The van der Waals surface area contributed by atoms with Gasteiger partial charge in [0.2, 0.25) is 0 Å². The maximum absolute atomic E-state index is 12.6. The maximum atomic E-state index is 12.6. The predicted octanol–water partition coefficient (Wildman–Crippen LogP) is 4.46. The van der Waals surface area contributed by atoms with Crippen LogP contribution < -0.4 is 5.32 Å². The molecule has 3 aromatic rings. The molecular formula is C23H18N2O3S. The Morgan fingerprint density at radius 3 is 2.17 bits per heavy atom. The summed E-state index contributed by atoms with van der Waals surface area (Å²) in [5.74, 6) is -0.866. The lowest BCUT2D eigenvalue weighted by Crippen LogP contribution is -2.29. The Balaban J connectivity index is 1.49. The van der Waals surface area contributed by atoms with E-state index in [1.54, 1.807) is 60.3 Å². The fourth-order valence-electron chi connectivity index (χ4n) is 3.25. The van der Waals surface area contributed by atoms with Crippen molar-refractivity contribution in [3.63, 3.8) is 0 Å². The minimum absolute atomic E-state index is 0.121. The second kappa shape index (κ2) is 7.93. The van der Waals surface area contributed by atoms with Crippen molar-refractivity contribution in [2.75, 3.05) is 11.6 Å². The zero-order chi connectivity index (χ0) is 20.4. The van der Waals surface area contributed by atoms with E-state index in [0.29, 0.717) is 27.9 Å². The summed E-state index contributed by atoms with van der Waals surface area (Å²) in [4.78, 5) is 40.0. The highest BCUT2D eigenvalue weighted by Gasteiger charge is 2.34. The average Bonchev–Trinajstić information content (AvgIpc) is 2.99. The Hall–Kier alpha value is -3.38. The summed E-state index contributed by atoms with van der Waals surface area (Å²) in [6.45, 7) is 0.121. The summed E-state index contributed by atoms with van der Waals surface area (Å²) in [6, 6.07) is 21.3. The van der Waals surface area contributed by atoms with Gasteiger partial charge in [-0.05, 0) is 60.4 Å². The lowest BCUT2D eigenvalue weighted by molar-refractivity contribution is 0.0642. The van der Waals surface area contributed by atoms with Crippen LogP contribution in [0.15, 0.2) is 77.7 Å². The first-order chi connectivity index (χ1) is 14.1. The highest BCUT2D eigenvalue weighted by Crippen LogP contribution is 2.24. The smallest absolute Gasteiger partial charge is 0.261 e. The molecule has 0 saturated carbocycles. The van der Waals surface area contributed by atoms with Crippen LogP contribution in [0.3, 0.4) is 0 Å². The number of rotatable bonds is 5. The molecule has 0 spiro atoms. The minimum atomic E-state index is -0.311. The summed E-state index contributed by atoms with van der Waals surface area (Å²) in [5, 5.41) is 2.87. The van der Waals surface area contributed by atoms with E-state index in [4.69, 9.17) is 0 Å². The summed E-state index contributed by atoms with van der Waals surface area (Å²) in [5.41, 5.74) is 2.72. The van der Waals surface area contributed by atoms with Crippen LogP contribution in [0, 0.1) is 0 Å². The van der Waals surface area contributed by atoms with Crippen LogP contribution in [0.2, 0.25) is 0 Å². The van der Waals surface area contributed by atoms with E-state index in [1.165, 1.54) is 4.90 Å². The van der Waals surface area contributed by atoms with Crippen molar-refractivity contribution in [1.82, 2.24) is 4.90 Å². The molecule has 1 aliphatic heterocycles. The van der Waals surface area contributed by atoms with Gasteiger partial charge in [-0.1, -0.05) is 24.3 Å². The molecule has 0 aliphatic carbocycles. The number of anilines is 1. The molecular weight excluding hydrogens is 384 g/mol. The summed E-state index contributed by atoms with van der Waals surface area (Å²) >= 11 is 1.63. The first-order valence-electron chi connectivity index (χ1n) is 9.06. The monoisotopic (exact) mass is 402 g/mol. The van der Waals surface area contributed by atoms with Gasteiger partial charge in [0.05, 0.1) is 17.7 Å². The van der Waals surface area contributed by atoms with Crippen molar-refractivity contribution in [3.8, 4) is 0 Å². The van der Waals surface area contributed by atoms with Gasteiger partial charge in [-0.25, -0.2) is 0 Å². The van der Waals surface area contributed by atoms with Crippen LogP contribution in [-0.2, 0) is 6.54 Å². The van der Waals surface area contributed by atoms with Gasteiger partial charge in [-0.15, -0.1) is 11.8 Å². The van der Waals surface area contributed by atoms with Crippen molar-refractivity contribution < 1.29 is 14.4 Å². The van der Waals surface area contributed by atoms with Gasteiger partial charge in [0.25, 0.3) is 17.7 Å². The van der Waals surface area contributed by atoms with Gasteiger partial charge in [-0.2, -0.15) is 0 Å². The van der Waals surface area contributed by atoms with Crippen molar-refractivity contribution in [3.05, 3.63) is 95.1 Å². The Kier molecular flexibility index (Phi) is 5.18. The molecule has 29 heavy (non-hydrogen) atoms. The molecule has 1 N–H and O–H groups in total. The Morgan fingerprint density at radius 2 is 1.55 bits per heavy atom. The minimum Gasteiger partial charge on any atom is -0.322 e. The molecule has 0 atom stereocenters. The van der Waals surface area contributed by atoms with Crippen LogP contribution >= 0.6 is 11.8 Å². The number of hydrogen-bond donors (Lipinski definition) is 1. The second-order valence-corrected chi connectivity index (χ2v) is 7.50. The van der Waals surface area contributed by atoms with Crippen LogP contribution in [0.5, 0.6) is 0 Å². The Morgan fingerprint density at radius 1 is 0.897 bits per heavy atom. The van der Waals surface area contributed by atoms with Gasteiger partial charge >= 0.3 is 0 Å². The van der Waals surface area contributed by atoms with Gasteiger partial charge in [0, 0.05) is 16.1 Å². The molecule has 0 bridgehead atoms. The number of fused-ring (bicyclic) bond motifs is 1. The zero-order valence-corrected chi connectivity index (χ0v) is 16.5. The molecule has 3 aromatic carbocycles. The lowest BCUT2D eigenvalue weighted by Gasteiger charge is -2.14. The molecule has 0 radical (unpaired) electrons. The number of imide groups is 1. The molecule has 1 heterocycles. The van der Waals surface area contributed by atoms with Crippen LogP contribution in [0.4, 0.5) is 5.69 Å². The highest BCUT2D eigenvalue weighted by molar-refractivity contribution is 7.98. The van der Waals surface area contributed by atoms with Crippen molar-refractivity contribution in [1.29, 1.82) is 0 Å². The fourth-order valence-corrected chi connectivity index (χ4v) is 3.66. The topological polar surface area (TPSA) is 66.5 Å². The third-order valence-electron chi connectivity index (χ3n) is 4.76. The largest absolute Gasteiger partial charge is 0.322 e. The number of benzene rings is 3. The van der Waals surface area contributed by atoms with Gasteiger partial charge in [0.1, 0.15) is 0 Å². The quantitative estimate of drug-likeness (QED) is 0.506. The fraction of sp³-hybridized carbons (Fsp3) is 0.0870. The van der Waals surface area contributed by atoms with E-state index in [9.17, 15) is 14.4 Å². The SMILES string of the molecule is CSc1ccc(NC(=O)c2cccc(CN3C(=O)c4ccccc4C3=O)c2)cc1. The van der Waals surface area contributed by atoms with Crippen LogP contribution in [0.25, 0.3) is 0 Å². The average molecular weight is 402 g/mol. The summed E-state index contributed by atoms with van der Waals surface area (Å²) in [7, 11) is 0. The Bertz CT molecular complexity index is 1070. The molecule has 0 saturated heterocycles. The van der Waals surface area contributed by atoms with E-state index in [-0.39, 0.29) is 24.3 Å². The number of amides is 3. The number of carbonyl (C=O) groups is 3. The van der Waals surface area contributed by atoms with E-state index >= 15 is 0 Å². The molecule has 5 nitrogen and oxygen atoms in total. The standard InChI is InChI=1S/C23H18N2O3S/c1-29-18-11-9-17(10-12-18)24-21(26)16-6-4-5-15(13-16)14-25-22(27)19-7-2-3-8-20(19)23(25)28/h2-13H,14H2,1H3,(H,24,26). The third kappa shape index (κ3) is 3.79. The molecule has 1 aliphatic rings. The number of thioether (sulfide) groups is 1. The van der Waals surface area contributed by atoms with Gasteiger partial charge in [-0.3, -0.25) is 19.3 Å². The van der Waals surface area contributed by atoms with Crippen molar-refractivity contribution >= 4 is 35.2 Å². The highest BCUT2D eigenvalue weighted by atomic mass is 32.2. The van der Waals surface area contributed by atoms with E-state index in [1.807, 2.05) is 30.5 Å². The summed E-state index contributed by atoms with van der Waals surface area (Å²) in [6.07, 6.45) is 1.99. The van der Waals surface area contributed by atoms with E-state index < -0.39 is 0 Å². The van der Waals surface area contributed by atoms with Gasteiger partial charge < -0.3 is 5.32 Å².